The molecule has 1 unspecified atom stereocenters. The highest BCUT2D eigenvalue weighted by molar-refractivity contribution is 6.11. The molecular formula is C29H22O8. The van der Waals surface area contributed by atoms with E-state index in [2.05, 4.69) is 0 Å². The van der Waals surface area contributed by atoms with Crippen molar-refractivity contribution in [1.29, 1.82) is 0 Å². The number of aromatic carboxylic acids is 2. The van der Waals surface area contributed by atoms with Crippen molar-refractivity contribution in [2.24, 2.45) is 0 Å². The highest BCUT2D eigenvalue weighted by atomic mass is 16.4. The lowest BCUT2D eigenvalue weighted by Gasteiger charge is -2.28. The van der Waals surface area contributed by atoms with Gasteiger partial charge in [-0.2, -0.15) is 0 Å². The van der Waals surface area contributed by atoms with Crippen molar-refractivity contribution in [3.8, 4) is 0 Å². The van der Waals surface area contributed by atoms with E-state index in [1.165, 1.54) is 6.07 Å². The summed E-state index contributed by atoms with van der Waals surface area (Å²) in [7, 11) is 0. The third kappa shape index (κ3) is 4.29. The fourth-order valence-electron chi connectivity index (χ4n) is 5.00. The Labute approximate surface area is 211 Å². The molecule has 0 aromatic heterocycles. The van der Waals surface area contributed by atoms with Crippen LogP contribution in [-0.4, -0.2) is 44.3 Å². The Morgan fingerprint density at radius 1 is 0.649 bits per heavy atom. The van der Waals surface area contributed by atoms with E-state index in [0.717, 1.165) is 11.1 Å². The maximum Gasteiger partial charge on any atom is 0.337 e. The van der Waals surface area contributed by atoms with Gasteiger partial charge >= 0.3 is 23.9 Å². The van der Waals surface area contributed by atoms with Crippen molar-refractivity contribution < 1.29 is 39.6 Å². The predicted octanol–water partition coefficient (Wildman–Crippen LogP) is 4.67. The number of benzene rings is 4. The maximum atomic E-state index is 11.9. The Morgan fingerprint density at radius 2 is 1.24 bits per heavy atom. The molecule has 0 bridgehead atoms. The highest BCUT2D eigenvalue weighted by Crippen LogP contribution is 2.49. The van der Waals surface area contributed by atoms with Crippen molar-refractivity contribution in [3.05, 3.63) is 119 Å². The Balaban J connectivity index is 0.000000180. The van der Waals surface area contributed by atoms with Gasteiger partial charge in [-0.25, -0.2) is 9.59 Å². The van der Waals surface area contributed by atoms with Gasteiger partial charge in [0.2, 0.25) is 0 Å². The average molecular weight is 498 g/mol. The Kier molecular flexibility index (Phi) is 6.75. The van der Waals surface area contributed by atoms with Gasteiger partial charge < -0.3 is 20.4 Å². The van der Waals surface area contributed by atoms with Gasteiger partial charge in [-0.05, 0) is 39.9 Å². The Hall–Kier alpha value is -4.98. The molecule has 0 heterocycles. The van der Waals surface area contributed by atoms with E-state index in [1.807, 2.05) is 6.07 Å². The lowest BCUT2D eigenvalue weighted by molar-refractivity contribution is -0.158. The first-order valence-corrected chi connectivity index (χ1v) is 11.3. The van der Waals surface area contributed by atoms with Crippen LogP contribution in [0.15, 0.2) is 91.0 Å². The van der Waals surface area contributed by atoms with Gasteiger partial charge in [-0.1, -0.05) is 84.9 Å². The molecule has 1 atom stereocenters. The predicted molar refractivity (Wildman–Crippen MR) is 134 cm³/mol. The molecule has 0 radical (unpaired) electrons. The van der Waals surface area contributed by atoms with Crippen LogP contribution in [0.25, 0.3) is 10.8 Å². The summed E-state index contributed by atoms with van der Waals surface area (Å²) in [5, 5.41) is 38.6. The summed E-state index contributed by atoms with van der Waals surface area (Å²) in [6.45, 7) is 0. The van der Waals surface area contributed by atoms with Crippen LogP contribution in [0.4, 0.5) is 0 Å². The zero-order chi connectivity index (χ0) is 26.7. The number of carboxylic acids is 4. The fourth-order valence-corrected chi connectivity index (χ4v) is 5.00. The van der Waals surface area contributed by atoms with Crippen LogP contribution in [0.1, 0.15) is 43.3 Å². The van der Waals surface area contributed by atoms with Crippen LogP contribution in [-0.2, 0) is 21.4 Å². The zero-order valence-corrected chi connectivity index (χ0v) is 19.4. The van der Waals surface area contributed by atoms with E-state index >= 15 is 0 Å². The lowest BCUT2D eigenvalue weighted by Crippen LogP contribution is -2.46. The Morgan fingerprint density at radius 3 is 1.86 bits per heavy atom. The van der Waals surface area contributed by atoms with Gasteiger partial charge in [0.1, 0.15) is 0 Å². The molecule has 186 valence electrons. The normalized spacial score (nSPS) is 15.2. The van der Waals surface area contributed by atoms with Gasteiger partial charge in [0, 0.05) is 5.92 Å². The van der Waals surface area contributed by atoms with Crippen LogP contribution >= 0.6 is 0 Å². The van der Waals surface area contributed by atoms with E-state index in [9.17, 15) is 29.4 Å². The van der Waals surface area contributed by atoms with Crippen LogP contribution in [0.3, 0.4) is 0 Å². The largest absolute Gasteiger partial charge is 0.480 e. The molecule has 4 aromatic rings. The topological polar surface area (TPSA) is 149 Å². The molecule has 0 fully saturated rings. The molecule has 4 aromatic carbocycles. The SMILES string of the molecule is O=C(O)C1(C(=O)O)c2ccccc2CC1c1ccccc1.O=C(O)c1ccc2ccccc2c1C(=O)O. The smallest absolute Gasteiger partial charge is 0.337 e. The first kappa shape index (κ1) is 25.1. The monoisotopic (exact) mass is 498 g/mol. The molecule has 37 heavy (non-hydrogen) atoms. The van der Waals surface area contributed by atoms with Crippen molar-refractivity contribution in [2.75, 3.05) is 0 Å². The number of carboxylic acid groups (broad SMARTS) is 4. The van der Waals surface area contributed by atoms with Gasteiger partial charge in [0.25, 0.3) is 0 Å². The third-order valence-electron chi connectivity index (χ3n) is 6.64. The molecule has 0 saturated heterocycles. The van der Waals surface area contributed by atoms with Crippen LogP contribution in [0.2, 0.25) is 0 Å². The molecule has 0 amide bonds. The van der Waals surface area contributed by atoms with Crippen molar-refractivity contribution in [3.63, 3.8) is 0 Å². The first-order chi connectivity index (χ1) is 17.7. The van der Waals surface area contributed by atoms with E-state index in [0.29, 0.717) is 22.8 Å². The molecule has 0 aliphatic heterocycles. The first-order valence-electron chi connectivity index (χ1n) is 11.3. The second-order valence-corrected chi connectivity index (χ2v) is 8.56. The summed E-state index contributed by atoms with van der Waals surface area (Å²) in [6.07, 6.45) is 0.415. The van der Waals surface area contributed by atoms with Crippen molar-refractivity contribution in [2.45, 2.75) is 17.8 Å². The van der Waals surface area contributed by atoms with Gasteiger partial charge in [0.05, 0.1) is 11.1 Å². The van der Waals surface area contributed by atoms with E-state index in [-0.39, 0.29) is 11.1 Å². The van der Waals surface area contributed by atoms with Crippen LogP contribution in [0, 0.1) is 0 Å². The molecule has 0 saturated carbocycles. The molecule has 4 N–H and O–H groups in total. The third-order valence-corrected chi connectivity index (χ3v) is 6.64. The quantitative estimate of drug-likeness (QED) is 0.290. The standard InChI is InChI=1S/C17H14O4.C12H8O4/c18-15(19)17(16(20)21)13-9-5-4-8-12(13)10-14(17)11-6-2-1-3-7-11;13-11(14)9-6-5-7-3-1-2-4-8(7)10(9)12(15)16/h1-9,14H,10H2,(H,18,19)(H,20,21);1-6H,(H,13,14)(H,15,16). The van der Waals surface area contributed by atoms with E-state index in [4.69, 9.17) is 10.2 Å². The number of aliphatic carboxylic acids is 2. The number of hydrogen-bond acceptors (Lipinski definition) is 4. The zero-order valence-electron chi connectivity index (χ0n) is 19.4. The van der Waals surface area contributed by atoms with Crippen LogP contribution in [0.5, 0.6) is 0 Å². The van der Waals surface area contributed by atoms with E-state index in [1.54, 1.807) is 78.9 Å². The number of fused-ring (bicyclic) bond motifs is 2. The minimum atomic E-state index is -1.92. The molecule has 5 rings (SSSR count). The van der Waals surface area contributed by atoms with E-state index < -0.39 is 35.2 Å². The summed E-state index contributed by atoms with van der Waals surface area (Å²) in [5.41, 5.74) is -0.358. The molecular weight excluding hydrogens is 476 g/mol. The lowest BCUT2D eigenvalue weighted by atomic mass is 9.72. The van der Waals surface area contributed by atoms with Gasteiger partial charge in [0.15, 0.2) is 5.41 Å². The summed E-state index contributed by atoms with van der Waals surface area (Å²) in [5.74, 6) is -5.69. The molecule has 1 aliphatic carbocycles. The van der Waals surface area contributed by atoms with Crippen LogP contribution < -0.4 is 0 Å². The Bertz CT molecular complexity index is 1510. The summed E-state index contributed by atoms with van der Waals surface area (Å²) in [6, 6.07) is 25.6. The summed E-state index contributed by atoms with van der Waals surface area (Å²) >= 11 is 0. The molecule has 8 heteroatoms. The van der Waals surface area contributed by atoms with Gasteiger partial charge in [-0.15, -0.1) is 0 Å². The fraction of sp³-hybridized carbons (Fsp3) is 0.103. The molecule has 1 aliphatic rings. The summed E-state index contributed by atoms with van der Waals surface area (Å²) in [4.78, 5) is 45.8. The summed E-state index contributed by atoms with van der Waals surface area (Å²) < 4.78 is 0. The second-order valence-electron chi connectivity index (χ2n) is 8.56. The second kappa shape index (κ2) is 9.94. The molecule has 8 nitrogen and oxygen atoms in total. The number of carbonyl (C=O) groups is 4. The highest BCUT2D eigenvalue weighted by Gasteiger charge is 2.59. The van der Waals surface area contributed by atoms with Crippen molar-refractivity contribution in [1.82, 2.24) is 0 Å². The number of hydrogen-bond donors (Lipinski definition) is 4. The average Bonchev–Trinajstić information content (AvgIpc) is 3.25. The van der Waals surface area contributed by atoms with Gasteiger partial charge in [-0.3, -0.25) is 9.59 Å². The molecule has 0 spiro atoms. The maximum absolute atomic E-state index is 11.9. The van der Waals surface area contributed by atoms with Crippen molar-refractivity contribution >= 4 is 34.6 Å². The number of rotatable bonds is 5. The minimum Gasteiger partial charge on any atom is -0.480 e. The minimum absolute atomic E-state index is 0.161.